The van der Waals surface area contributed by atoms with E-state index in [0.29, 0.717) is 0 Å². The average molecular weight is 816 g/mol. The molecule has 0 fully saturated rings. The highest BCUT2D eigenvalue weighted by molar-refractivity contribution is 6.16. The summed E-state index contributed by atoms with van der Waals surface area (Å²) in [5, 5.41) is 2.44. The van der Waals surface area contributed by atoms with E-state index in [1.54, 1.807) is 0 Å². The Kier molecular flexibility index (Phi) is 8.13. The number of fused-ring (bicyclic) bond motifs is 13. The second-order valence-electron chi connectivity index (χ2n) is 16.8. The Morgan fingerprint density at radius 1 is 0.297 bits per heavy atom. The Balaban J connectivity index is 1.03. The topological polar surface area (TPSA) is 11.4 Å². The highest BCUT2D eigenvalue weighted by Crippen LogP contribution is 2.64. The van der Waals surface area contributed by atoms with Crippen LogP contribution >= 0.6 is 0 Å². The molecule has 0 saturated heterocycles. The van der Waals surface area contributed by atoms with Crippen molar-refractivity contribution in [2.75, 3.05) is 9.80 Å². The Morgan fingerprint density at radius 2 is 0.734 bits per heavy atom. The van der Waals surface area contributed by atoms with Crippen LogP contribution < -0.4 is 9.80 Å². The van der Waals surface area contributed by atoms with Crippen molar-refractivity contribution < 1.29 is 0 Å². The van der Waals surface area contributed by atoms with E-state index in [4.69, 9.17) is 0 Å². The smallest absolute Gasteiger partial charge is 0.0725 e. The molecular weight excluding hydrogens is 775 g/mol. The first-order valence-electron chi connectivity index (χ1n) is 22.1. The number of aromatic nitrogens is 1. The number of hydrogen-bond donors (Lipinski definition) is 0. The minimum absolute atomic E-state index is 0.486. The molecule has 1 atom stereocenters. The van der Waals surface area contributed by atoms with E-state index in [1.807, 2.05) is 0 Å². The molecule has 1 heterocycles. The van der Waals surface area contributed by atoms with Crippen LogP contribution in [0.1, 0.15) is 22.3 Å². The molecule has 1 aromatic heterocycles. The highest BCUT2D eigenvalue weighted by atomic mass is 15.2. The van der Waals surface area contributed by atoms with Crippen LogP contribution in [-0.2, 0) is 5.41 Å². The van der Waals surface area contributed by atoms with E-state index in [2.05, 4.69) is 263 Å². The van der Waals surface area contributed by atoms with Crippen LogP contribution in [0.3, 0.4) is 0 Å². The van der Waals surface area contributed by atoms with Crippen LogP contribution in [0.4, 0.5) is 34.1 Å². The molecule has 0 bridgehead atoms. The number of nitrogens with zero attached hydrogens (tertiary/aromatic N) is 3. The molecule has 3 nitrogen and oxygen atoms in total. The lowest BCUT2D eigenvalue weighted by Gasteiger charge is -2.32. The van der Waals surface area contributed by atoms with Crippen molar-refractivity contribution in [3.63, 3.8) is 0 Å². The van der Waals surface area contributed by atoms with E-state index in [0.717, 1.165) is 39.8 Å². The van der Waals surface area contributed by atoms with Crippen molar-refractivity contribution >= 4 is 55.9 Å². The van der Waals surface area contributed by atoms with Crippen LogP contribution in [0, 0.1) is 0 Å². The normalized spacial score (nSPS) is 14.3. The average Bonchev–Trinajstić information content (AvgIpc) is 3.97. The number of benzene rings is 10. The molecule has 13 rings (SSSR count). The van der Waals surface area contributed by atoms with E-state index < -0.39 is 5.41 Å². The number of rotatable bonds is 7. The minimum atomic E-state index is -0.486. The van der Waals surface area contributed by atoms with Gasteiger partial charge in [0.15, 0.2) is 0 Å². The van der Waals surface area contributed by atoms with Gasteiger partial charge in [-0.25, -0.2) is 0 Å². The van der Waals surface area contributed by atoms with Crippen molar-refractivity contribution in [2.24, 2.45) is 0 Å². The predicted octanol–water partition coefficient (Wildman–Crippen LogP) is 16.1. The van der Waals surface area contributed by atoms with Gasteiger partial charge in [-0.15, -0.1) is 0 Å². The van der Waals surface area contributed by atoms with Crippen LogP contribution in [0.25, 0.3) is 49.7 Å². The van der Waals surface area contributed by atoms with E-state index in [1.165, 1.54) is 66.3 Å². The van der Waals surface area contributed by atoms with Crippen LogP contribution in [0.15, 0.2) is 249 Å². The summed E-state index contributed by atoms with van der Waals surface area (Å²) in [5.74, 6) is 0. The lowest BCUT2D eigenvalue weighted by molar-refractivity contribution is 0.794. The summed E-state index contributed by atoms with van der Waals surface area (Å²) < 4.78 is 2.40. The quantitative estimate of drug-likeness (QED) is 0.159. The summed E-state index contributed by atoms with van der Waals surface area (Å²) >= 11 is 0. The fourth-order valence-electron chi connectivity index (χ4n) is 11.1. The van der Waals surface area contributed by atoms with Crippen LogP contribution in [0.2, 0.25) is 0 Å². The molecule has 10 aromatic carbocycles. The summed E-state index contributed by atoms with van der Waals surface area (Å²) in [6.45, 7) is 0. The summed E-state index contributed by atoms with van der Waals surface area (Å²) in [7, 11) is 0. The van der Waals surface area contributed by atoms with Crippen molar-refractivity contribution in [1.82, 2.24) is 4.57 Å². The van der Waals surface area contributed by atoms with Gasteiger partial charge >= 0.3 is 0 Å². The summed E-state index contributed by atoms with van der Waals surface area (Å²) in [5.41, 5.74) is 20.1. The molecule has 0 aliphatic heterocycles. The van der Waals surface area contributed by atoms with Gasteiger partial charge in [0.05, 0.1) is 22.1 Å². The van der Waals surface area contributed by atoms with Gasteiger partial charge in [-0.1, -0.05) is 158 Å². The standard InChI is InChI=1S/C61H41N3/c1-5-20-42(21-6-1)62(43-22-7-2-8-23-43)46-36-38-55-51(40-46)48-28-13-16-31-53(48)61(55)54-32-17-14-29-49(54)52-41-47(37-39-56(52)61)63(44-24-9-3-10-25-44)58-34-19-35-59-60(58)50-30-15-18-33-57(50)64(59)45-26-11-4-12-27-45/h1-41H. The van der Waals surface area contributed by atoms with Gasteiger partial charge in [0.2, 0.25) is 0 Å². The number of hydrogen-bond acceptors (Lipinski definition) is 2. The fraction of sp³-hybridized carbons (Fsp3) is 0.0164. The molecule has 11 aromatic rings. The number of anilines is 6. The van der Waals surface area contributed by atoms with Gasteiger partial charge in [-0.05, 0) is 136 Å². The minimum Gasteiger partial charge on any atom is -0.310 e. The Hall–Kier alpha value is -8.40. The Morgan fingerprint density at radius 3 is 1.31 bits per heavy atom. The first kappa shape index (κ1) is 36.3. The van der Waals surface area contributed by atoms with E-state index >= 15 is 0 Å². The lowest BCUT2D eigenvalue weighted by atomic mass is 9.70. The zero-order chi connectivity index (χ0) is 42.2. The van der Waals surface area contributed by atoms with Gasteiger partial charge in [0.1, 0.15) is 0 Å². The molecule has 0 saturated carbocycles. The summed E-state index contributed by atoms with van der Waals surface area (Å²) in [4.78, 5) is 4.83. The maximum Gasteiger partial charge on any atom is 0.0725 e. The molecule has 1 spiro atoms. The van der Waals surface area contributed by atoms with Crippen LogP contribution in [-0.4, -0.2) is 4.57 Å². The van der Waals surface area contributed by atoms with Crippen molar-refractivity contribution in [3.05, 3.63) is 271 Å². The maximum absolute atomic E-state index is 2.46. The zero-order valence-corrected chi connectivity index (χ0v) is 35.0. The van der Waals surface area contributed by atoms with Crippen molar-refractivity contribution in [2.45, 2.75) is 5.41 Å². The molecule has 1 unspecified atom stereocenters. The monoisotopic (exact) mass is 815 g/mol. The maximum atomic E-state index is 2.46. The molecule has 3 heteroatoms. The molecule has 64 heavy (non-hydrogen) atoms. The Labute approximate surface area is 373 Å². The zero-order valence-electron chi connectivity index (χ0n) is 35.0. The van der Waals surface area contributed by atoms with E-state index in [9.17, 15) is 0 Å². The molecule has 300 valence electrons. The second kappa shape index (κ2) is 14.3. The van der Waals surface area contributed by atoms with Gasteiger partial charge in [0.25, 0.3) is 0 Å². The highest BCUT2D eigenvalue weighted by Gasteiger charge is 2.51. The van der Waals surface area contributed by atoms with E-state index in [-0.39, 0.29) is 0 Å². The molecule has 0 N–H and O–H groups in total. The van der Waals surface area contributed by atoms with Gasteiger partial charge in [-0.3, -0.25) is 0 Å². The Bertz CT molecular complexity index is 3520. The van der Waals surface area contributed by atoms with Gasteiger partial charge in [0, 0.05) is 44.9 Å². The first-order chi connectivity index (χ1) is 31.8. The number of para-hydroxylation sites is 5. The SMILES string of the molecule is c1ccc(N(c2ccccc2)c2ccc3c(c2)-c2ccccc2C32c3ccccc3-c3cc(N(c4ccccc4)c4cccc5c4c4ccccc4n5-c4ccccc4)ccc32)cc1. The largest absolute Gasteiger partial charge is 0.310 e. The molecule has 0 amide bonds. The van der Waals surface area contributed by atoms with Crippen molar-refractivity contribution in [1.29, 1.82) is 0 Å². The third-order valence-electron chi connectivity index (χ3n) is 13.5. The predicted molar refractivity (Wildman–Crippen MR) is 266 cm³/mol. The molecule has 2 aliphatic rings. The van der Waals surface area contributed by atoms with Gasteiger partial charge < -0.3 is 14.4 Å². The molecule has 2 aliphatic carbocycles. The third kappa shape index (κ3) is 5.22. The third-order valence-corrected chi connectivity index (χ3v) is 13.5. The van der Waals surface area contributed by atoms with Gasteiger partial charge in [-0.2, -0.15) is 0 Å². The molecule has 0 radical (unpaired) electrons. The fourth-order valence-corrected chi connectivity index (χ4v) is 11.1. The lowest BCUT2D eigenvalue weighted by Crippen LogP contribution is -2.26. The molecular formula is C61H41N3. The van der Waals surface area contributed by atoms with Crippen LogP contribution in [0.5, 0.6) is 0 Å². The summed E-state index contributed by atoms with van der Waals surface area (Å²) in [6, 6.07) is 91.1. The summed E-state index contributed by atoms with van der Waals surface area (Å²) in [6.07, 6.45) is 0. The second-order valence-corrected chi connectivity index (χ2v) is 16.8. The first-order valence-corrected chi connectivity index (χ1v) is 22.1. The van der Waals surface area contributed by atoms with Crippen molar-refractivity contribution in [3.8, 4) is 27.9 Å².